The number of hydrogen-bond acceptors (Lipinski definition) is 5. The van der Waals surface area contributed by atoms with Gasteiger partial charge in [0.05, 0.1) is 12.7 Å². The van der Waals surface area contributed by atoms with Gasteiger partial charge in [-0.1, -0.05) is 66.7 Å². The standard InChI is InChI=1S/C28H23F3O5PS/c1-35-26(32)21-17-19-22(20-18-21)27(36-38(33,34)28(29,30)31)37(23-11-5-2-6-12-23,24-13-7-3-8-14-24)25-15-9-4-10-16-25/h2-20,27H,1H3/q+1. The Hall–Kier alpha value is -3.52. The minimum atomic E-state index is -6.05. The maximum atomic E-state index is 13.8. The Morgan fingerprint density at radius 2 is 1.11 bits per heavy atom. The van der Waals surface area contributed by atoms with Crippen LogP contribution < -0.4 is 15.9 Å². The number of rotatable bonds is 8. The molecule has 0 fully saturated rings. The Morgan fingerprint density at radius 3 is 1.45 bits per heavy atom. The van der Waals surface area contributed by atoms with Crippen LogP contribution >= 0.6 is 7.26 Å². The number of methoxy groups -OCH3 is 1. The van der Waals surface area contributed by atoms with Gasteiger partial charge in [-0.3, -0.25) is 0 Å². The predicted octanol–water partition coefficient (Wildman–Crippen LogP) is 5.33. The van der Waals surface area contributed by atoms with Crippen LogP contribution in [0.5, 0.6) is 0 Å². The summed E-state index contributed by atoms with van der Waals surface area (Å²) < 4.78 is 76.4. The number of alkyl halides is 3. The second kappa shape index (κ2) is 11.1. The second-order valence-electron chi connectivity index (χ2n) is 8.19. The number of hydrogen-bond donors (Lipinski definition) is 0. The summed E-state index contributed by atoms with van der Waals surface area (Å²) in [5.74, 6) is -2.26. The molecule has 4 rings (SSSR count). The summed E-state index contributed by atoms with van der Waals surface area (Å²) in [6.07, 6.45) is 0. The molecule has 0 spiro atoms. The summed E-state index contributed by atoms with van der Waals surface area (Å²) in [7, 11) is -8.16. The fraction of sp³-hybridized carbons (Fsp3) is 0.107. The number of halogens is 3. The smallest absolute Gasteiger partial charge is 0.465 e. The molecular weight excluding hydrogens is 536 g/mol. The van der Waals surface area contributed by atoms with E-state index in [0.717, 1.165) is 0 Å². The van der Waals surface area contributed by atoms with E-state index in [1.54, 1.807) is 91.0 Å². The van der Waals surface area contributed by atoms with Crippen molar-refractivity contribution in [2.24, 2.45) is 0 Å². The van der Waals surface area contributed by atoms with Gasteiger partial charge in [0.15, 0.2) is 0 Å². The first-order valence-electron chi connectivity index (χ1n) is 11.3. The van der Waals surface area contributed by atoms with Gasteiger partial charge >= 0.3 is 21.6 Å². The summed E-state index contributed by atoms with van der Waals surface area (Å²) >= 11 is 0. The normalized spacial score (nSPS) is 13.1. The number of carbonyl (C=O) groups is 1. The molecule has 1 unspecified atom stereocenters. The monoisotopic (exact) mass is 559 g/mol. The molecule has 0 aliphatic carbocycles. The van der Waals surface area contributed by atoms with Gasteiger partial charge in [0.2, 0.25) is 5.85 Å². The van der Waals surface area contributed by atoms with Gasteiger partial charge < -0.3 is 4.74 Å². The van der Waals surface area contributed by atoms with Crippen molar-refractivity contribution in [3.8, 4) is 0 Å². The summed E-state index contributed by atoms with van der Waals surface area (Å²) in [4.78, 5) is 12.0. The van der Waals surface area contributed by atoms with E-state index < -0.39 is 34.7 Å². The second-order valence-corrected chi connectivity index (χ2v) is 13.2. The fourth-order valence-electron chi connectivity index (χ4n) is 4.26. The van der Waals surface area contributed by atoms with Crippen molar-refractivity contribution in [2.75, 3.05) is 7.11 Å². The third-order valence-electron chi connectivity index (χ3n) is 5.96. The first-order chi connectivity index (χ1) is 18.1. The van der Waals surface area contributed by atoms with Crippen molar-refractivity contribution in [1.29, 1.82) is 0 Å². The lowest BCUT2D eigenvalue weighted by molar-refractivity contribution is -0.0551. The summed E-state index contributed by atoms with van der Waals surface area (Å²) in [5, 5.41) is 1.82. The highest BCUT2D eigenvalue weighted by atomic mass is 32.2. The van der Waals surface area contributed by atoms with Crippen LogP contribution in [0.3, 0.4) is 0 Å². The zero-order chi connectivity index (χ0) is 27.4. The SMILES string of the molecule is COC(=O)c1ccc(C(OS(=O)(=O)C(F)(F)F)[P+](c2ccccc2)(c2ccccc2)c2ccccc2)cc1. The van der Waals surface area contributed by atoms with Crippen LogP contribution in [0.25, 0.3) is 0 Å². The van der Waals surface area contributed by atoms with E-state index in [0.29, 0.717) is 15.9 Å². The molecule has 0 heterocycles. The first-order valence-corrected chi connectivity index (χ1v) is 14.6. The minimum absolute atomic E-state index is 0.148. The minimum Gasteiger partial charge on any atom is -0.465 e. The maximum absolute atomic E-state index is 13.8. The molecule has 38 heavy (non-hydrogen) atoms. The summed E-state index contributed by atoms with van der Waals surface area (Å²) in [6, 6.07) is 31.8. The van der Waals surface area contributed by atoms with Gasteiger partial charge in [0, 0.05) is 5.56 Å². The molecular formula is C28H23F3O5PS+. The Morgan fingerprint density at radius 1 is 0.711 bits per heavy atom. The number of carbonyl (C=O) groups excluding carboxylic acids is 1. The molecule has 0 bridgehead atoms. The molecule has 0 N–H and O–H groups in total. The van der Waals surface area contributed by atoms with Gasteiger partial charge in [-0.15, -0.1) is 0 Å². The van der Waals surface area contributed by atoms with Crippen LogP contribution in [-0.2, 0) is 19.0 Å². The van der Waals surface area contributed by atoms with Gasteiger partial charge in [-0.2, -0.15) is 21.6 Å². The zero-order valence-corrected chi connectivity index (χ0v) is 21.8. The molecule has 196 valence electrons. The van der Waals surface area contributed by atoms with Gasteiger partial charge in [0.1, 0.15) is 23.2 Å². The Labute approximate surface area is 219 Å². The lowest BCUT2D eigenvalue weighted by Gasteiger charge is -2.34. The Bertz CT molecular complexity index is 1380. The highest BCUT2D eigenvalue weighted by molar-refractivity contribution is 7.96. The van der Waals surface area contributed by atoms with Gasteiger partial charge in [0.25, 0.3) is 0 Å². The lowest BCUT2D eigenvalue weighted by Crippen LogP contribution is -2.38. The van der Waals surface area contributed by atoms with E-state index in [1.165, 1.54) is 31.4 Å². The maximum Gasteiger partial charge on any atom is 0.523 e. The molecule has 0 aromatic heterocycles. The lowest BCUT2D eigenvalue weighted by atomic mass is 10.1. The molecule has 5 nitrogen and oxygen atoms in total. The predicted molar refractivity (Wildman–Crippen MR) is 142 cm³/mol. The molecule has 1 atom stereocenters. The third-order valence-corrected chi connectivity index (χ3v) is 11.6. The van der Waals surface area contributed by atoms with Crippen molar-refractivity contribution in [3.05, 3.63) is 126 Å². The highest BCUT2D eigenvalue weighted by Crippen LogP contribution is 2.67. The molecule has 4 aromatic rings. The first kappa shape index (κ1) is 27.5. The van der Waals surface area contributed by atoms with E-state index in [1.807, 2.05) is 0 Å². The fourth-order valence-corrected chi connectivity index (χ4v) is 9.83. The van der Waals surface area contributed by atoms with Crippen LogP contribution in [0.15, 0.2) is 115 Å². The van der Waals surface area contributed by atoms with Gasteiger partial charge in [-0.25, -0.2) is 8.98 Å². The summed E-state index contributed by atoms with van der Waals surface area (Å²) in [5.41, 5.74) is -5.36. The van der Waals surface area contributed by atoms with Crippen LogP contribution in [0.2, 0.25) is 0 Å². The molecule has 10 heteroatoms. The Balaban J connectivity index is 2.11. The molecule has 0 radical (unpaired) electrons. The molecule has 4 aromatic carbocycles. The Kier molecular flexibility index (Phi) is 8.02. The molecule has 0 amide bonds. The zero-order valence-electron chi connectivity index (χ0n) is 20.1. The van der Waals surface area contributed by atoms with E-state index in [-0.39, 0.29) is 11.1 Å². The average Bonchev–Trinajstić information content (AvgIpc) is 2.94. The highest BCUT2D eigenvalue weighted by Gasteiger charge is 2.59. The van der Waals surface area contributed by atoms with E-state index in [9.17, 15) is 26.4 Å². The van der Waals surface area contributed by atoms with E-state index in [4.69, 9.17) is 8.92 Å². The van der Waals surface area contributed by atoms with Crippen LogP contribution in [0.1, 0.15) is 21.8 Å². The largest absolute Gasteiger partial charge is 0.523 e. The topological polar surface area (TPSA) is 69.7 Å². The molecule has 0 aliphatic rings. The molecule has 0 saturated heterocycles. The number of ether oxygens (including phenoxy) is 1. The average molecular weight is 560 g/mol. The van der Waals surface area contributed by atoms with Crippen molar-refractivity contribution in [3.63, 3.8) is 0 Å². The molecule has 0 aliphatic heterocycles. The third kappa shape index (κ3) is 5.23. The van der Waals surface area contributed by atoms with Crippen LogP contribution in [0.4, 0.5) is 13.2 Å². The van der Waals surface area contributed by atoms with Crippen LogP contribution in [0, 0.1) is 0 Å². The van der Waals surface area contributed by atoms with Crippen molar-refractivity contribution < 1.29 is 35.3 Å². The van der Waals surface area contributed by atoms with Crippen molar-refractivity contribution in [2.45, 2.75) is 11.4 Å². The molecule has 0 saturated carbocycles. The quantitative estimate of drug-likeness (QED) is 0.126. The van der Waals surface area contributed by atoms with Gasteiger partial charge in [-0.05, 0) is 48.5 Å². The number of benzene rings is 4. The van der Waals surface area contributed by atoms with E-state index >= 15 is 0 Å². The van der Waals surface area contributed by atoms with E-state index in [2.05, 4.69) is 0 Å². The summed E-state index contributed by atoms with van der Waals surface area (Å²) in [6.45, 7) is 0. The van der Waals surface area contributed by atoms with Crippen molar-refractivity contribution in [1.82, 2.24) is 0 Å². The van der Waals surface area contributed by atoms with Crippen molar-refractivity contribution >= 4 is 39.3 Å². The van der Waals surface area contributed by atoms with Crippen LogP contribution in [-0.4, -0.2) is 27.0 Å². The number of esters is 1.